The fourth-order valence-corrected chi connectivity index (χ4v) is 2.34. The third-order valence-electron chi connectivity index (χ3n) is 3.15. The molecule has 1 aliphatic heterocycles. The lowest BCUT2D eigenvalue weighted by Crippen LogP contribution is -2.45. The highest BCUT2D eigenvalue weighted by molar-refractivity contribution is 4.90. The lowest BCUT2D eigenvalue weighted by Gasteiger charge is -2.39. The standard InChI is InChI=1S/C12H23NO/c1-4-10(2)13-8-6-5-7-12(13)9-11(3)14/h4,10-12,14H,1,5-9H2,2-3H3. The van der Waals surface area contributed by atoms with E-state index in [4.69, 9.17) is 0 Å². The fourth-order valence-electron chi connectivity index (χ4n) is 2.34. The van der Waals surface area contributed by atoms with Gasteiger partial charge in [0.25, 0.3) is 0 Å². The molecular formula is C12H23NO. The third kappa shape index (κ3) is 3.10. The van der Waals surface area contributed by atoms with Crippen molar-refractivity contribution in [2.24, 2.45) is 0 Å². The van der Waals surface area contributed by atoms with Crippen molar-refractivity contribution in [2.45, 2.75) is 57.7 Å². The van der Waals surface area contributed by atoms with Crippen molar-refractivity contribution >= 4 is 0 Å². The monoisotopic (exact) mass is 197 g/mol. The van der Waals surface area contributed by atoms with Crippen LogP contribution < -0.4 is 0 Å². The largest absolute Gasteiger partial charge is 0.393 e. The van der Waals surface area contributed by atoms with Gasteiger partial charge >= 0.3 is 0 Å². The Morgan fingerprint density at radius 3 is 2.79 bits per heavy atom. The van der Waals surface area contributed by atoms with Gasteiger partial charge in [0, 0.05) is 12.1 Å². The molecule has 0 radical (unpaired) electrons. The van der Waals surface area contributed by atoms with Gasteiger partial charge in [-0.05, 0) is 39.7 Å². The Morgan fingerprint density at radius 1 is 1.50 bits per heavy atom. The molecule has 1 saturated heterocycles. The number of likely N-dealkylation sites (tertiary alicyclic amines) is 1. The van der Waals surface area contributed by atoms with Gasteiger partial charge in [0.2, 0.25) is 0 Å². The van der Waals surface area contributed by atoms with Crippen molar-refractivity contribution in [3.63, 3.8) is 0 Å². The summed E-state index contributed by atoms with van der Waals surface area (Å²) in [6.07, 6.45) is 6.53. The van der Waals surface area contributed by atoms with Crippen molar-refractivity contribution in [3.8, 4) is 0 Å². The van der Waals surface area contributed by atoms with Crippen molar-refractivity contribution in [1.82, 2.24) is 4.90 Å². The van der Waals surface area contributed by atoms with Crippen LogP contribution in [-0.2, 0) is 0 Å². The average Bonchev–Trinajstić information content (AvgIpc) is 2.16. The quantitative estimate of drug-likeness (QED) is 0.698. The minimum atomic E-state index is -0.183. The van der Waals surface area contributed by atoms with Crippen LogP contribution >= 0.6 is 0 Å². The first kappa shape index (κ1) is 11.7. The third-order valence-corrected chi connectivity index (χ3v) is 3.15. The van der Waals surface area contributed by atoms with E-state index in [0.29, 0.717) is 12.1 Å². The van der Waals surface area contributed by atoms with Gasteiger partial charge < -0.3 is 5.11 Å². The Morgan fingerprint density at radius 2 is 2.21 bits per heavy atom. The van der Waals surface area contributed by atoms with Crippen LogP contribution in [0.15, 0.2) is 12.7 Å². The minimum Gasteiger partial charge on any atom is -0.393 e. The van der Waals surface area contributed by atoms with E-state index in [2.05, 4.69) is 18.4 Å². The van der Waals surface area contributed by atoms with Crippen molar-refractivity contribution in [1.29, 1.82) is 0 Å². The molecule has 2 heteroatoms. The summed E-state index contributed by atoms with van der Waals surface area (Å²) in [5.41, 5.74) is 0. The molecular weight excluding hydrogens is 174 g/mol. The van der Waals surface area contributed by atoms with Crippen molar-refractivity contribution in [2.75, 3.05) is 6.54 Å². The predicted molar refractivity (Wildman–Crippen MR) is 60.3 cm³/mol. The van der Waals surface area contributed by atoms with Crippen LogP contribution in [-0.4, -0.2) is 34.7 Å². The van der Waals surface area contributed by atoms with Crippen LogP contribution in [0.5, 0.6) is 0 Å². The summed E-state index contributed by atoms with van der Waals surface area (Å²) in [7, 11) is 0. The number of rotatable bonds is 4. The molecule has 0 amide bonds. The molecule has 3 atom stereocenters. The molecule has 0 aromatic carbocycles. The van der Waals surface area contributed by atoms with E-state index >= 15 is 0 Å². The molecule has 14 heavy (non-hydrogen) atoms. The highest BCUT2D eigenvalue weighted by Crippen LogP contribution is 2.23. The summed E-state index contributed by atoms with van der Waals surface area (Å²) >= 11 is 0. The molecule has 0 saturated carbocycles. The SMILES string of the molecule is C=CC(C)N1CCCCC1CC(C)O. The van der Waals surface area contributed by atoms with Crippen LogP contribution in [0.1, 0.15) is 39.5 Å². The maximum atomic E-state index is 9.42. The molecule has 0 bridgehead atoms. The van der Waals surface area contributed by atoms with Crippen molar-refractivity contribution < 1.29 is 5.11 Å². The van der Waals surface area contributed by atoms with E-state index in [9.17, 15) is 5.11 Å². The van der Waals surface area contributed by atoms with Crippen LogP contribution in [0, 0.1) is 0 Å². The van der Waals surface area contributed by atoms with Gasteiger partial charge in [-0.3, -0.25) is 4.90 Å². The summed E-state index contributed by atoms with van der Waals surface area (Å²) in [4.78, 5) is 2.48. The molecule has 1 fully saturated rings. The summed E-state index contributed by atoms with van der Waals surface area (Å²) < 4.78 is 0. The van der Waals surface area contributed by atoms with E-state index < -0.39 is 0 Å². The average molecular weight is 197 g/mol. The number of aliphatic hydroxyl groups is 1. The zero-order valence-electron chi connectivity index (χ0n) is 9.45. The minimum absolute atomic E-state index is 0.183. The highest BCUT2D eigenvalue weighted by atomic mass is 16.3. The Labute approximate surface area is 87.6 Å². The van der Waals surface area contributed by atoms with Gasteiger partial charge in [0.1, 0.15) is 0 Å². The van der Waals surface area contributed by atoms with Crippen molar-refractivity contribution in [3.05, 3.63) is 12.7 Å². The first-order valence-corrected chi connectivity index (χ1v) is 5.71. The number of piperidine rings is 1. The van der Waals surface area contributed by atoms with Crippen LogP contribution in [0.25, 0.3) is 0 Å². The second kappa shape index (κ2) is 5.52. The Balaban J connectivity index is 2.54. The van der Waals surface area contributed by atoms with E-state index in [0.717, 1.165) is 13.0 Å². The first-order chi connectivity index (χ1) is 6.65. The second-order valence-corrected chi connectivity index (χ2v) is 4.45. The van der Waals surface area contributed by atoms with Crippen LogP contribution in [0.4, 0.5) is 0 Å². The van der Waals surface area contributed by atoms with E-state index in [1.807, 2.05) is 13.0 Å². The number of aliphatic hydroxyl groups excluding tert-OH is 1. The molecule has 1 aliphatic rings. The van der Waals surface area contributed by atoms with Gasteiger partial charge in [-0.1, -0.05) is 12.5 Å². The molecule has 82 valence electrons. The number of hydrogen-bond donors (Lipinski definition) is 1. The summed E-state index contributed by atoms with van der Waals surface area (Å²) in [5.74, 6) is 0. The predicted octanol–water partition coefficient (Wildman–Crippen LogP) is 2.19. The molecule has 0 aliphatic carbocycles. The van der Waals surface area contributed by atoms with Crippen LogP contribution in [0.2, 0.25) is 0 Å². The second-order valence-electron chi connectivity index (χ2n) is 4.45. The maximum Gasteiger partial charge on any atom is 0.0527 e. The fraction of sp³-hybridized carbons (Fsp3) is 0.833. The van der Waals surface area contributed by atoms with Gasteiger partial charge in [-0.15, -0.1) is 6.58 Å². The lowest BCUT2D eigenvalue weighted by atomic mass is 9.95. The lowest BCUT2D eigenvalue weighted by molar-refractivity contribution is 0.0735. The smallest absolute Gasteiger partial charge is 0.0527 e. The van der Waals surface area contributed by atoms with Gasteiger partial charge in [0.05, 0.1) is 6.10 Å². The van der Waals surface area contributed by atoms with E-state index in [-0.39, 0.29) is 6.10 Å². The highest BCUT2D eigenvalue weighted by Gasteiger charge is 2.25. The molecule has 1 rings (SSSR count). The summed E-state index contributed by atoms with van der Waals surface area (Å²) in [6, 6.07) is 0.996. The molecule has 0 aromatic rings. The molecule has 2 nitrogen and oxygen atoms in total. The van der Waals surface area contributed by atoms with Crippen LogP contribution in [0.3, 0.4) is 0 Å². The Hall–Kier alpha value is -0.340. The van der Waals surface area contributed by atoms with E-state index in [1.54, 1.807) is 0 Å². The van der Waals surface area contributed by atoms with E-state index in [1.165, 1.54) is 19.3 Å². The Bertz CT molecular complexity index is 179. The number of hydrogen-bond acceptors (Lipinski definition) is 2. The van der Waals surface area contributed by atoms with Gasteiger partial charge in [-0.2, -0.15) is 0 Å². The summed E-state index contributed by atoms with van der Waals surface area (Å²) in [5, 5.41) is 9.42. The molecule has 1 heterocycles. The molecule has 3 unspecified atom stereocenters. The molecule has 1 N–H and O–H groups in total. The number of nitrogens with zero attached hydrogens (tertiary/aromatic N) is 1. The first-order valence-electron chi connectivity index (χ1n) is 5.71. The summed E-state index contributed by atoms with van der Waals surface area (Å²) in [6.45, 7) is 9.07. The van der Waals surface area contributed by atoms with Gasteiger partial charge in [0.15, 0.2) is 0 Å². The zero-order valence-corrected chi connectivity index (χ0v) is 9.45. The van der Waals surface area contributed by atoms with Gasteiger partial charge in [-0.25, -0.2) is 0 Å². The molecule has 0 aromatic heterocycles. The molecule has 0 spiro atoms. The topological polar surface area (TPSA) is 23.5 Å². The Kier molecular flexibility index (Phi) is 4.63. The zero-order chi connectivity index (χ0) is 10.6. The maximum absolute atomic E-state index is 9.42. The normalized spacial score (nSPS) is 28.4.